The van der Waals surface area contributed by atoms with Gasteiger partial charge in [-0.3, -0.25) is 23.8 Å². The summed E-state index contributed by atoms with van der Waals surface area (Å²) in [5, 5.41) is 4.54. The van der Waals surface area contributed by atoms with Gasteiger partial charge in [0.2, 0.25) is 5.91 Å². The van der Waals surface area contributed by atoms with Gasteiger partial charge in [0.05, 0.1) is 26.6 Å². The van der Waals surface area contributed by atoms with Gasteiger partial charge in [-0.15, -0.1) is 0 Å². The van der Waals surface area contributed by atoms with E-state index < -0.39 is 0 Å². The summed E-state index contributed by atoms with van der Waals surface area (Å²) in [7, 11) is 1.82. The molecule has 3 rings (SSSR count). The van der Waals surface area contributed by atoms with Crippen molar-refractivity contribution in [3.8, 4) is 0 Å². The lowest BCUT2D eigenvalue weighted by atomic mass is 10.0. The number of allylic oxidation sites excluding steroid dienone is 2. The van der Waals surface area contributed by atoms with Gasteiger partial charge >= 0.3 is 0 Å². The molecule has 0 N–H and O–H groups in total. The summed E-state index contributed by atoms with van der Waals surface area (Å²) >= 11 is 3.98. The number of hydrogen-bond acceptors (Lipinski definition) is 5. The van der Waals surface area contributed by atoms with Gasteiger partial charge in [0, 0.05) is 44.5 Å². The van der Waals surface area contributed by atoms with Gasteiger partial charge in [-0.25, -0.2) is 7.80 Å². The fourth-order valence-electron chi connectivity index (χ4n) is 3.93. The van der Waals surface area contributed by atoms with Crippen molar-refractivity contribution >= 4 is 69.0 Å². The summed E-state index contributed by atoms with van der Waals surface area (Å²) in [6, 6.07) is 1.87. The van der Waals surface area contributed by atoms with Crippen molar-refractivity contribution in [3.05, 3.63) is 55.6 Å². The van der Waals surface area contributed by atoms with Crippen LogP contribution in [0.4, 0.5) is 0 Å². The molecule has 188 valence electrons. The minimum absolute atomic E-state index is 0.0425. The first kappa shape index (κ1) is 27.6. The summed E-state index contributed by atoms with van der Waals surface area (Å²) in [6.07, 6.45) is 8.27. The molecule has 1 aliphatic heterocycles. The molecule has 3 heterocycles. The number of halogens is 2. The van der Waals surface area contributed by atoms with Crippen LogP contribution in [0, 0.1) is 5.92 Å². The van der Waals surface area contributed by atoms with Crippen LogP contribution in [0.25, 0.3) is 5.52 Å². The molecule has 0 aromatic carbocycles. The zero-order valence-electron chi connectivity index (χ0n) is 20.5. The van der Waals surface area contributed by atoms with Gasteiger partial charge in [0.15, 0.2) is 0 Å². The van der Waals surface area contributed by atoms with E-state index in [1.807, 2.05) is 74.3 Å². The van der Waals surface area contributed by atoms with E-state index in [0.29, 0.717) is 27.9 Å². The van der Waals surface area contributed by atoms with Crippen LogP contribution < -0.4 is 5.56 Å². The first-order valence-corrected chi connectivity index (χ1v) is 13.4. The minimum Gasteiger partial charge on any atom is -0.345 e. The monoisotopic (exact) mass is 704 g/mol. The van der Waals surface area contributed by atoms with E-state index in [1.54, 1.807) is 23.4 Å². The molecule has 2 aromatic heterocycles. The lowest BCUT2D eigenvalue weighted by Gasteiger charge is -2.16. The zero-order chi connectivity index (χ0) is 25.9. The molecule has 1 atom stereocenters. The van der Waals surface area contributed by atoms with Crippen molar-refractivity contribution in [2.45, 2.75) is 53.0 Å². The first-order chi connectivity index (χ1) is 16.5. The Labute approximate surface area is 232 Å². The lowest BCUT2D eigenvalue weighted by Crippen LogP contribution is -2.33. The molecule has 2 aromatic rings. The Balaban J connectivity index is 1.86. The van der Waals surface area contributed by atoms with E-state index in [4.69, 9.17) is 0 Å². The van der Waals surface area contributed by atoms with E-state index in [-0.39, 0.29) is 35.8 Å². The van der Waals surface area contributed by atoms with Crippen LogP contribution in [0.2, 0.25) is 0 Å². The van der Waals surface area contributed by atoms with Gasteiger partial charge in [-0.1, -0.05) is 19.4 Å². The molecule has 1 aliphatic rings. The third kappa shape index (κ3) is 6.80. The van der Waals surface area contributed by atoms with Gasteiger partial charge in [0.1, 0.15) is 17.9 Å². The molecule has 11 heteroatoms. The highest BCUT2D eigenvalue weighted by Gasteiger charge is 2.27. The van der Waals surface area contributed by atoms with Crippen LogP contribution in [0.3, 0.4) is 0 Å². The number of hydrogen-bond donors (Lipinski definition) is 0. The lowest BCUT2D eigenvalue weighted by molar-refractivity contribution is -0.126. The summed E-state index contributed by atoms with van der Waals surface area (Å²) in [6.45, 7) is 8.46. The van der Waals surface area contributed by atoms with Crippen LogP contribution in [-0.2, 0) is 22.6 Å². The van der Waals surface area contributed by atoms with E-state index in [0.717, 1.165) is 17.7 Å². The number of rotatable bonds is 8. The normalized spacial score (nSPS) is 16.7. The summed E-state index contributed by atoms with van der Waals surface area (Å²) < 4.78 is 5.20. The van der Waals surface area contributed by atoms with Crippen molar-refractivity contribution in [1.29, 1.82) is 0 Å². The fourth-order valence-corrected chi connectivity index (χ4v) is 4.68. The Morgan fingerprint density at radius 3 is 2.66 bits per heavy atom. The predicted octanol–water partition coefficient (Wildman–Crippen LogP) is 4.09. The standard InChI is InChI=1S/C24H30I2N6O3/c1-15(2)11-27-7-6-20(25)32(26)22(34)14-31-24(35)19-9-17(8-18-10-21(33)29(5)12-18)13-30(19)23(28-31)16(3)4/h6-7,9,11,13,16,18H,8,10,12,14H2,1-5H3/b20-6+,27-7-. The number of aromatic nitrogens is 3. The maximum Gasteiger partial charge on any atom is 0.291 e. The molecule has 1 fully saturated rings. The summed E-state index contributed by atoms with van der Waals surface area (Å²) in [5.74, 6) is 0.860. The van der Waals surface area contributed by atoms with Gasteiger partial charge < -0.3 is 4.90 Å². The second kappa shape index (κ2) is 11.8. The average Bonchev–Trinajstić information content (AvgIpc) is 3.34. The Hall–Kier alpha value is -2.03. The van der Waals surface area contributed by atoms with Gasteiger partial charge in [-0.05, 0) is 66.5 Å². The van der Waals surface area contributed by atoms with E-state index >= 15 is 0 Å². The number of fused-ring (bicyclic) bond motifs is 1. The van der Waals surface area contributed by atoms with Crippen molar-refractivity contribution < 1.29 is 9.59 Å². The van der Waals surface area contributed by atoms with Gasteiger partial charge in [-0.2, -0.15) is 5.10 Å². The maximum absolute atomic E-state index is 13.3. The molecule has 35 heavy (non-hydrogen) atoms. The molecular formula is C24H30I2N6O3. The molecular weight excluding hydrogens is 674 g/mol. The molecule has 1 unspecified atom stereocenters. The SMILES string of the molecule is CC(C)=C/N=C\C=C(/I)N(I)C(=O)Cn1nc(C(C)C)n2cc(CC3CC(=O)N(C)C3)cc2c1=O. The molecule has 0 radical (unpaired) electrons. The second-order valence-electron chi connectivity index (χ2n) is 9.30. The van der Waals surface area contributed by atoms with Crippen LogP contribution in [0.1, 0.15) is 51.4 Å². The third-order valence-corrected chi connectivity index (χ3v) is 8.41. The van der Waals surface area contributed by atoms with Crippen molar-refractivity contribution in [1.82, 2.24) is 22.2 Å². The van der Waals surface area contributed by atoms with Gasteiger partial charge in [0.25, 0.3) is 11.5 Å². The molecule has 9 nitrogen and oxygen atoms in total. The quantitative estimate of drug-likeness (QED) is 0.179. The first-order valence-electron chi connectivity index (χ1n) is 11.3. The smallest absolute Gasteiger partial charge is 0.291 e. The minimum atomic E-state index is -0.317. The fraction of sp³-hybridized carbons (Fsp3) is 0.458. The predicted molar refractivity (Wildman–Crippen MR) is 154 cm³/mol. The average molecular weight is 704 g/mol. The highest BCUT2D eigenvalue weighted by atomic mass is 127. The molecule has 2 amide bonds. The number of amides is 2. The number of aliphatic imine (C=N–C) groups is 1. The molecule has 0 aliphatic carbocycles. The summed E-state index contributed by atoms with van der Waals surface area (Å²) in [4.78, 5) is 44.0. The highest BCUT2D eigenvalue weighted by molar-refractivity contribution is 14.1. The largest absolute Gasteiger partial charge is 0.345 e. The Morgan fingerprint density at radius 1 is 1.34 bits per heavy atom. The van der Waals surface area contributed by atoms with Crippen molar-refractivity contribution in [2.24, 2.45) is 10.9 Å². The Kier molecular flexibility index (Phi) is 9.29. The van der Waals surface area contributed by atoms with Crippen LogP contribution in [0.5, 0.6) is 0 Å². The van der Waals surface area contributed by atoms with E-state index in [1.165, 1.54) is 7.80 Å². The second-order valence-corrected chi connectivity index (χ2v) is 11.4. The number of carbonyl (C=O) groups excluding carboxylic acids is 2. The van der Waals surface area contributed by atoms with E-state index in [9.17, 15) is 14.4 Å². The van der Waals surface area contributed by atoms with Crippen molar-refractivity contribution in [3.63, 3.8) is 0 Å². The van der Waals surface area contributed by atoms with E-state index in [2.05, 4.69) is 32.7 Å². The molecule has 0 bridgehead atoms. The molecule has 0 spiro atoms. The maximum atomic E-state index is 13.3. The highest BCUT2D eigenvalue weighted by Crippen LogP contribution is 2.23. The number of carbonyl (C=O) groups is 2. The van der Waals surface area contributed by atoms with Crippen LogP contribution in [-0.4, -0.2) is 53.8 Å². The molecule has 1 saturated heterocycles. The Morgan fingerprint density at radius 2 is 2.06 bits per heavy atom. The Bertz CT molecular complexity index is 1270. The summed E-state index contributed by atoms with van der Waals surface area (Å²) in [5.41, 5.74) is 2.24. The van der Waals surface area contributed by atoms with Crippen LogP contribution in [0.15, 0.2) is 43.6 Å². The van der Waals surface area contributed by atoms with Crippen molar-refractivity contribution in [2.75, 3.05) is 13.6 Å². The zero-order valence-corrected chi connectivity index (χ0v) is 24.8. The van der Waals surface area contributed by atoms with Crippen LogP contribution >= 0.6 is 45.5 Å². The third-order valence-electron chi connectivity index (χ3n) is 5.58. The topological polar surface area (TPSA) is 92.3 Å². The number of likely N-dealkylation sites (tertiary alicyclic amines) is 1. The molecule has 0 saturated carbocycles. The number of nitrogens with zero attached hydrogens (tertiary/aromatic N) is 6.